The van der Waals surface area contributed by atoms with Gasteiger partial charge in [-0.2, -0.15) is 0 Å². The molecule has 1 atom stereocenters. The summed E-state index contributed by atoms with van der Waals surface area (Å²) < 4.78 is 5.42. The van der Waals surface area contributed by atoms with Crippen LogP contribution in [0, 0.1) is 5.92 Å². The molecule has 1 aliphatic carbocycles. The van der Waals surface area contributed by atoms with E-state index in [0.717, 1.165) is 65.0 Å². The van der Waals surface area contributed by atoms with E-state index in [0.29, 0.717) is 13.1 Å². The van der Waals surface area contributed by atoms with Gasteiger partial charge in [-0.15, -0.1) is 0 Å². The normalized spacial score (nSPS) is 23.4. The predicted molar refractivity (Wildman–Crippen MR) is 111 cm³/mol. The van der Waals surface area contributed by atoms with Crippen LogP contribution in [0.1, 0.15) is 49.3 Å². The Morgan fingerprint density at radius 1 is 1.10 bits per heavy atom. The molecule has 2 fully saturated rings. The topological polar surface area (TPSA) is 63.1 Å². The molecule has 2 amide bonds. The number of morpholine rings is 1. The molecule has 1 aromatic rings. The molecule has 1 saturated carbocycles. The summed E-state index contributed by atoms with van der Waals surface area (Å²) >= 11 is 0. The van der Waals surface area contributed by atoms with E-state index in [1.54, 1.807) is 0 Å². The second-order valence-corrected chi connectivity index (χ2v) is 8.67. The zero-order chi connectivity index (χ0) is 20.1. The molecule has 4 rings (SSSR count). The van der Waals surface area contributed by atoms with Crippen molar-refractivity contribution in [3.63, 3.8) is 0 Å². The third-order valence-corrected chi connectivity index (χ3v) is 6.78. The van der Waals surface area contributed by atoms with Gasteiger partial charge in [-0.3, -0.25) is 9.59 Å². The Hall–Kier alpha value is -1.92. The fourth-order valence-electron chi connectivity index (χ4n) is 5.03. The largest absolute Gasteiger partial charge is 0.370 e. The smallest absolute Gasteiger partial charge is 0.278 e. The molecule has 0 spiro atoms. The van der Waals surface area contributed by atoms with Gasteiger partial charge in [0.1, 0.15) is 13.1 Å². The van der Waals surface area contributed by atoms with Crippen LogP contribution in [-0.4, -0.2) is 62.7 Å². The Labute approximate surface area is 173 Å². The number of nitrogens with one attached hydrogen (secondary N) is 2. The van der Waals surface area contributed by atoms with Gasteiger partial charge in [-0.1, -0.05) is 43.5 Å². The van der Waals surface area contributed by atoms with Crippen molar-refractivity contribution in [1.29, 1.82) is 0 Å². The Kier molecular flexibility index (Phi) is 6.82. The molecule has 0 bridgehead atoms. The first-order chi connectivity index (χ1) is 14.2. The van der Waals surface area contributed by atoms with E-state index in [9.17, 15) is 9.59 Å². The first kappa shape index (κ1) is 20.4. The zero-order valence-corrected chi connectivity index (χ0v) is 17.3. The molecule has 6 nitrogen and oxygen atoms in total. The van der Waals surface area contributed by atoms with Crippen LogP contribution in [0.4, 0.5) is 0 Å². The summed E-state index contributed by atoms with van der Waals surface area (Å²) in [7, 11) is 0. The van der Waals surface area contributed by atoms with Crippen molar-refractivity contribution >= 4 is 11.8 Å². The lowest BCUT2D eigenvalue weighted by atomic mass is 9.88. The molecule has 2 N–H and O–H groups in total. The molecule has 1 saturated heterocycles. The van der Waals surface area contributed by atoms with E-state index in [4.69, 9.17) is 4.74 Å². The molecular weight excluding hydrogens is 366 g/mol. The van der Waals surface area contributed by atoms with Gasteiger partial charge < -0.3 is 19.9 Å². The summed E-state index contributed by atoms with van der Waals surface area (Å²) in [6.45, 7) is 4.98. The molecule has 0 aromatic heterocycles. The van der Waals surface area contributed by atoms with Gasteiger partial charge in [-0.25, -0.2) is 0 Å². The minimum Gasteiger partial charge on any atom is -0.370 e. The summed E-state index contributed by atoms with van der Waals surface area (Å²) in [4.78, 5) is 29.2. The first-order valence-electron chi connectivity index (χ1n) is 11.3. The molecular formula is C23H34N3O3+. The average molecular weight is 401 g/mol. The lowest BCUT2D eigenvalue weighted by Crippen LogP contribution is -3.15. The van der Waals surface area contributed by atoms with Crippen LogP contribution in [-0.2, 0) is 20.7 Å². The molecule has 29 heavy (non-hydrogen) atoms. The Morgan fingerprint density at radius 2 is 1.86 bits per heavy atom. The van der Waals surface area contributed by atoms with E-state index in [2.05, 4.69) is 23.5 Å². The minimum absolute atomic E-state index is 0.0690. The van der Waals surface area contributed by atoms with Crippen molar-refractivity contribution in [2.75, 3.05) is 45.9 Å². The summed E-state index contributed by atoms with van der Waals surface area (Å²) in [6, 6.07) is 8.30. The maximum absolute atomic E-state index is 13.2. The van der Waals surface area contributed by atoms with Gasteiger partial charge in [0, 0.05) is 19.0 Å². The van der Waals surface area contributed by atoms with Crippen molar-refractivity contribution in [2.24, 2.45) is 5.92 Å². The number of hydrogen-bond acceptors (Lipinski definition) is 3. The second kappa shape index (κ2) is 9.72. The van der Waals surface area contributed by atoms with Crippen molar-refractivity contribution in [1.82, 2.24) is 10.2 Å². The molecule has 3 aliphatic rings. The van der Waals surface area contributed by atoms with E-state index in [1.807, 2.05) is 11.0 Å². The van der Waals surface area contributed by atoms with Crippen molar-refractivity contribution < 1.29 is 19.2 Å². The standard InChI is InChI=1S/C23H33N3O3/c27-22(17-25-12-14-29-15-13-25)26-11-10-18-6-4-5-9-20(18)21(26)16-24-23(28)19-7-2-1-3-8-19/h4-6,9,19,21H,1-3,7-8,10-17H2,(H,24,28)/p+1/t21-/m1/s1. The van der Waals surface area contributed by atoms with E-state index >= 15 is 0 Å². The number of ether oxygens (including phenoxy) is 1. The third kappa shape index (κ3) is 4.98. The number of carbonyl (C=O) groups excluding carboxylic acids is 2. The highest BCUT2D eigenvalue weighted by Gasteiger charge is 2.33. The number of hydrogen-bond donors (Lipinski definition) is 2. The van der Waals surface area contributed by atoms with Gasteiger partial charge in [0.25, 0.3) is 5.91 Å². The van der Waals surface area contributed by atoms with Gasteiger partial charge in [-0.05, 0) is 30.4 Å². The fraction of sp³-hybridized carbons (Fsp3) is 0.652. The maximum Gasteiger partial charge on any atom is 0.278 e. The van der Waals surface area contributed by atoms with Crippen LogP contribution < -0.4 is 10.2 Å². The number of nitrogens with zero attached hydrogens (tertiary/aromatic N) is 1. The summed E-state index contributed by atoms with van der Waals surface area (Å²) in [6.07, 6.45) is 6.42. The monoisotopic (exact) mass is 400 g/mol. The SMILES string of the molecule is O=C(NC[C@@H]1c2ccccc2CCN1C(=O)C[NH+]1CCOCC1)C1CCCCC1. The van der Waals surface area contributed by atoms with Crippen LogP contribution in [0.15, 0.2) is 24.3 Å². The highest BCUT2D eigenvalue weighted by Crippen LogP contribution is 2.30. The number of rotatable bonds is 5. The molecule has 2 aliphatic heterocycles. The predicted octanol–water partition coefficient (Wildman–Crippen LogP) is 0.724. The highest BCUT2D eigenvalue weighted by atomic mass is 16.5. The molecule has 158 valence electrons. The quantitative estimate of drug-likeness (QED) is 0.766. The lowest BCUT2D eigenvalue weighted by Gasteiger charge is -2.38. The second-order valence-electron chi connectivity index (χ2n) is 8.67. The average Bonchev–Trinajstić information content (AvgIpc) is 2.78. The van der Waals surface area contributed by atoms with Gasteiger partial charge in [0.2, 0.25) is 5.91 Å². The van der Waals surface area contributed by atoms with Crippen molar-refractivity contribution in [3.8, 4) is 0 Å². The van der Waals surface area contributed by atoms with Gasteiger partial charge >= 0.3 is 0 Å². The van der Waals surface area contributed by atoms with Crippen LogP contribution in [0.2, 0.25) is 0 Å². The third-order valence-electron chi connectivity index (χ3n) is 6.78. The van der Waals surface area contributed by atoms with Crippen LogP contribution in [0.5, 0.6) is 0 Å². The van der Waals surface area contributed by atoms with Crippen molar-refractivity contribution in [2.45, 2.75) is 44.6 Å². The summed E-state index contributed by atoms with van der Waals surface area (Å²) in [5, 5.41) is 3.19. The van der Waals surface area contributed by atoms with Gasteiger partial charge in [0.05, 0.1) is 19.3 Å². The molecule has 2 heterocycles. The van der Waals surface area contributed by atoms with Crippen LogP contribution in [0.3, 0.4) is 0 Å². The fourth-order valence-corrected chi connectivity index (χ4v) is 5.03. The minimum atomic E-state index is -0.0690. The number of fused-ring (bicyclic) bond motifs is 1. The van der Waals surface area contributed by atoms with E-state index in [-0.39, 0.29) is 23.8 Å². The molecule has 0 unspecified atom stereocenters. The van der Waals surface area contributed by atoms with Crippen LogP contribution in [0.25, 0.3) is 0 Å². The Bertz CT molecular complexity index is 711. The van der Waals surface area contributed by atoms with Gasteiger partial charge in [0.15, 0.2) is 6.54 Å². The molecule has 6 heteroatoms. The maximum atomic E-state index is 13.2. The Balaban J connectivity index is 1.44. The lowest BCUT2D eigenvalue weighted by molar-refractivity contribution is -0.900. The number of quaternary nitrogens is 1. The van der Waals surface area contributed by atoms with Crippen LogP contribution >= 0.6 is 0 Å². The molecule has 0 radical (unpaired) electrons. The van der Waals surface area contributed by atoms with E-state index < -0.39 is 0 Å². The summed E-state index contributed by atoms with van der Waals surface area (Å²) in [5.41, 5.74) is 2.49. The van der Waals surface area contributed by atoms with E-state index in [1.165, 1.54) is 22.4 Å². The number of carbonyl (C=O) groups is 2. The van der Waals surface area contributed by atoms with Crippen molar-refractivity contribution in [3.05, 3.63) is 35.4 Å². The zero-order valence-electron chi connectivity index (χ0n) is 17.3. The highest BCUT2D eigenvalue weighted by molar-refractivity contribution is 5.80. The summed E-state index contributed by atoms with van der Waals surface area (Å²) in [5.74, 6) is 0.497. The number of amides is 2. The number of benzene rings is 1. The first-order valence-corrected chi connectivity index (χ1v) is 11.3. The molecule has 1 aromatic carbocycles. The Morgan fingerprint density at radius 3 is 2.66 bits per heavy atom.